The fourth-order valence-electron chi connectivity index (χ4n) is 1.35. The molecule has 18 heavy (non-hydrogen) atoms. The molecule has 0 rings (SSSR count). The van der Waals surface area contributed by atoms with Crippen molar-refractivity contribution in [2.45, 2.75) is 32.7 Å². The number of ether oxygens (including phenoxy) is 1. The quantitative estimate of drug-likeness (QED) is 0.181. The fourth-order valence-corrected chi connectivity index (χ4v) is 1.35. The van der Waals surface area contributed by atoms with Crippen molar-refractivity contribution in [2.75, 3.05) is 40.4 Å². The number of nitrogens with one attached hydrogen (secondary N) is 2. The number of nitrogens with zero attached hydrogens (tertiary/aromatic N) is 2. The highest BCUT2D eigenvalue weighted by atomic mass is 16.5. The fraction of sp³-hybridized carbons (Fsp3) is 0.917. The van der Waals surface area contributed by atoms with E-state index < -0.39 is 0 Å². The molecule has 0 aliphatic rings. The molecule has 0 aromatic rings. The second kappa shape index (κ2) is 11.3. The van der Waals surface area contributed by atoms with Gasteiger partial charge in [-0.05, 0) is 40.3 Å². The van der Waals surface area contributed by atoms with Crippen LogP contribution in [-0.4, -0.2) is 57.3 Å². The van der Waals surface area contributed by atoms with Crippen LogP contribution in [0, 0.1) is 0 Å². The van der Waals surface area contributed by atoms with Crippen LogP contribution >= 0.6 is 0 Å². The van der Waals surface area contributed by atoms with Gasteiger partial charge in [0, 0.05) is 32.8 Å². The molecule has 0 aliphatic carbocycles. The van der Waals surface area contributed by atoms with Crippen molar-refractivity contribution in [1.82, 2.24) is 15.6 Å². The van der Waals surface area contributed by atoms with Crippen molar-refractivity contribution in [3.8, 4) is 0 Å². The summed E-state index contributed by atoms with van der Waals surface area (Å²) in [7, 11) is 3.82. The van der Waals surface area contributed by atoms with E-state index >= 15 is 0 Å². The molecule has 0 spiro atoms. The number of hydrogen-bond acceptors (Lipinski definition) is 4. The van der Waals surface area contributed by atoms with Gasteiger partial charge in [0.15, 0.2) is 0 Å². The lowest BCUT2D eigenvalue weighted by atomic mass is 10.3. The summed E-state index contributed by atoms with van der Waals surface area (Å²) >= 11 is 0. The van der Waals surface area contributed by atoms with E-state index in [2.05, 4.69) is 41.5 Å². The molecule has 0 saturated carbocycles. The average molecular weight is 259 g/mol. The van der Waals surface area contributed by atoms with Crippen molar-refractivity contribution < 1.29 is 4.74 Å². The Bertz CT molecular complexity index is 221. The van der Waals surface area contributed by atoms with Crippen molar-refractivity contribution in [2.24, 2.45) is 10.8 Å². The maximum Gasteiger partial charge on any atom is 0.205 e. The third-order valence-electron chi connectivity index (χ3n) is 2.77. The van der Waals surface area contributed by atoms with E-state index in [0.717, 1.165) is 32.5 Å². The molecule has 0 atom stereocenters. The predicted octanol–water partition coefficient (Wildman–Crippen LogP) is 0.162. The number of nitrogens with two attached hydrogens (primary N) is 1. The van der Waals surface area contributed by atoms with Gasteiger partial charge in [-0.3, -0.25) is 10.4 Å². The second-order valence-electron chi connectivity index (χ2n) is 4.58. The van der Waals surface area contributed by atoms with Crippen LogP contribution in [0.4, 0.5) is 0 Å². The Morgan fingerprint density at radius 1 is 1.39 bits per heavy atom. The van der Waals surface area contributed by atoms with Crippen LogP contribution in [0.15, 0.2) is 4.99 Å². The van der Waals surface area contributed by atoms with E-state index in [4.69, 9.17) is 10.6 Å². The first-order chi connectivity index (χ1) is 8.61. The Hall–Kier alpha value is -0.850. The minimum absolute atomic E-state index is 0.583. The zero-order valence-electron chi connectivity index (χ0n) is 12.2. The molecule has 0 amide bonds. The zero-order valence-corrected chi connectivity index (χ0v) is 12.2. The highest BCUT2D eigenvalue weighted by Crippen LogP contribution is 1.94. The van der Waals surface area contributed by atoms with Crippen LogP contribution in [0.5, 0.6) is 0 Å². The number of rotatable bonds is 9. The summed E-state index contributed by atoms with van der Waals surface area (Å²) in [6.45, 7) is 7.75. The van der Waals surface area contributed by atoms with Crippen LogP contribution in [0.1, 0.15) is 26.7 Å². The van der Waals surface area contributed by atoms with Gasteiger partial charge in [0.05, 0.1) is 0 Å². The second-order valence-corrected chi connectivity index (χ2v) is 4.58. The first-order valence-electron chi connectivity index (χ1n) is 6.56. The van der Waals surface area contributed by atoms with Gasteiger partial charge in [-0.2, -0.15) is 0 Å². The summed E-state index contributed by atoms with van der Waals surface area (Å²) in [5, 5.41) is 3.19. The third kappa shape index (κ3) is 9.21. The van der Waals surface area contributed by atoms with E-state index in [1.807, 2.05) is 0 Å². The van der Waals surface area contributed by atoms with Gasteiger partial charge >= 0.3 is 0 Å². The Morgan fingerprint density at radius 3 is 2.67 bits per heavy atom. The average Bonchev–Trinajstić information content (AvgIpc) is 2.36. The number of aliphatic imine (C=N–C) groups is 1. The minimum atomic E-state index is 0.583. The topological polar surface area (TPSA) is 74.9 Å². The standard InChI is InChI=1S/C12H29N5O/c1-11(2)17(3)9-5-7-14-12(16-13)15-8-6-10-18-4/h11H,5-10,13H2,1-4H3,(H2,14,15,16). The van der Waals surface area contributed by atoms with Crippen molar-refractivity contribution in [1.29, 1.82) is 0 Å². The summed E-state index contributed by atoms with van der Waals surface area (Å²) in [6, 6.07) is 0.583. The molecular formula is C12H29N5O. The van der Waals surface area contributed by atoms with Crippen LogP contribution in [0.2, 0.25) is 0 Å². The molecule has 0 heterocycles. The molecule has 0 fully saturated rings. The minimum Gasteiger partial charge on any atom is -0.385 e. The van der Waals surface area contributed by atoms with Crippen molar-refractivity contribution >= 4 is 5.96 Å². The molecule has 0 unspecified atom stereocenters. The monoisotopic (exact) mass is 259 g/mol. The van der Waals surface area contributed by atoms with Gasteiger partial charge in [0.25, 0.3) is 0 Å². The van der Waals surface area contributed by atoms with Crippen LogP contribution < -0.4 is 16.6 Å². The predicted molar refractivity (Wildman–Crippen MR) is 76.5 cm³/mol. The SMILES string of the molecule is COCCCN=C(NN)NCCCN(C)C(C)C. The van der Waals surface area contributed by atoms with Crippen LogP contribution in [0.3, 0.4) is 0 Å². The van der Waals surface area contributed by atoms with Gasteiger partial charge in [0.2, 0.25) is 5.96 Å². The number of guanidine groups is 1. The molecule has 0 aromatic carbocycles. The summed E-state index contributed by atoms with van der Waals surface area (Å²) in [6.07, 6.45) is 1.97. The molecule has 108 valence electrons. The van der Waals surface area contributed by atoms with Gasteiger partial charge in [-0.25, -0.2) is 5.84 Å². The Kier molecular flexibility index (Phi) is 10.7. The van der Waals surface area contributed by atoms with E-state index in [0.29, 0.717) is 18.5 Å². The Labute approximate surface area is 111 Å². The third-order valence-corrected chi connectivity index (χ3v) is 2.77. The van der Waals surface area contributed by atoms with E-state index in [1.54, 1.807) is 7.11 Å². The van der Waals surface area contributed by atoms with Crippen molar-refractivity contribution in [3.63, 3.8) is 0 Å². The van der Waals surface area contributed by atoms with E-state index in [-0.39, 0.29) is 0 Å². The Balaban J connectivity index is 3.67. The smallest absolute Gasteiger partial charge is 0.205 e. The van der Waals surface area contributed by atoms with Crippen molar-refractivity contribution in [3.05, 3.63) is 0 Å². The normalized spacial score (nSPS) is 12.3. The number of hydrogen-bond donors (Lipinski definition) is 3. The van der Waals surface area contributed by atoms with Gasteiger partial charge in [-0.1, -0.05) is 0 Å². The molecule has 0 saturated heterocycles. The summed E-state index contributed by atoms with van der Waals surface area (Å²) in [4.78, 5) is 6.62. The lowest BCUT2D eigenvalue weighted by Crippen LogP contribution is -2.42. The van der Waals surface area contributed by atoms with Crippen LogP contribution in [-0.2, 0) is 4.74 Å². The summed E-state index contributed by atoms with van der Waals surface area (Å²) in [5.41, 5.74) is 2.57. The summed E-state index contributed by atoms with van der Waals surface area (Å²) < 4.78 is 4.96. The van der Waals surface area contributed by atoms with Crippen LogP contribution in [0.25, 0.3) is 0 Å². The van der Waals surface area contributed by atoms with E-state index in [1.165, 1.54) is 0 Å². The maximum absolute atomic E-state index is 5.39. The Morgan fingerprint density at radius 2 is 2.11 bits per heavy atom. The maximum atomic E-state index is 5.39. The molecule has 0 radical (unpaired) electrons. The molecule has 0 aromatic heterocycles. The molecule has 6 nitrogen and oxygen atoms in total. The molecular weight excluding hydrogens is 230 g/mol. The van der Waals surface area contributed by atoms with Gasteiger partial charge in [-0.15, -0.1) is 0 Å². The molecule has 0 aliphatic heterocycles. The van der Waals surface area contributed by atoms with Gasteiger partial charge < -0.3 is 15.0 Å². The summed E-state index contributed by atoms with van der Waals surface area (Å²) in [5.74, 6) is 6.04. The highest BCUT2D eigenvalue weighted by Gasteiger charge is 2.02. The molecule has 4 N–H and O–H groups in total. The largest absolute Gasteiger partial charge is 0.385 e. The molecule has 6 heteroatoms. The van der Waals surface area contributed by atoms with E-state index in [9.17, 15) is 0 Å². The number of methoxy groups -OCH3 is 1. The lowest BCUT2D eigenvalue weighted by molar-refractivity contribution is 0.197. The number of hydrazine groups is 1. The highest BCUT2D eigenvalue weighted by molar-refractivity contribution is 5.79. The lowest BCUT2D eigenvalue weighted by Gasteiger charge is -2.20. The first kappa shape index (κ1) is 17.2. The molecule has 0 bridgehead atoms. The van der Waals surface area contributed by atoms with Gasteiger partial charge in [0.1, 0.15) is 0 Å². The first-order valence-corrected chi connectivity index (χ1v) is 6.56. The zero-order chi connectivity index (χ0) is 13.8.